The highest BCUT2D eigenvalue weighted by Crippen LogP contribution is 2.29. The molecule has 1 unspecified atom stereocenters. The van der Waals surface area contributed by atoms with Crippen LogP contribution in [-0.2, 0) is 5.75 Å². The monoisotopic (exact) mass is 355 g/mol. The van der Waals surface area contributed by atoms with E-state index in [0.29, 0.717) is 23.4 Å². The molecule has 20 heavy (non-hydrogen) atoms. The van der Waals surface area contributed by atoms with E-state index in [2.05, 4.69) is 46.0 Å². The third-order valence-corrected chi connectivity index (χ3v) is 4.74. The summed E-state index contributed by atoms with van der Waals surface area (Å²) in [7, 11) is 0. The number of nitrogens with zero attached hydrogens (tertiary/aromatic N) is 2. The summed E-state index contributed by atoms with van der Waals surface area (Å²) in [6, 6.07) is 7.89. The smallest absolute Gasteiger partial charge is 0.243 e. The van der Waals surface area contributed by atoms with E-state index in [1.165, 1.54) is 0 Å². The molecule has 4 nitrogen and oxygen atoms in total. The van der Waals surface area contributed by atoms with E-state index in [4.69, 9.17) is 10.3 Å². The van der Waals surface area contributed by atoms with E-state index in [1.54, 1.807) is 11.8 Å². The van der Waals surface area contributed by atoms with Gasteiger partial charge in [0.15, 0.2) is 5.82 Å². The number of hydrogen-bond acceptors (Lipinski definition) is 5. The molecular weight excluding hydrogens is 338 g/mol. The fraction of sp³-hybridized carbons (Fsp3) is 0.429. The molecule has 0 amide bonds. The van der Waals surface area contributed by atoms with Crippen molar-refractivity contribution < 1.29 is 4.52 Å². The Balaban J connectivity index is 1.95. The van der Waals surface area contributed by atoms with Crippen LogP contribution in [0.2, 0.25) is 0 Å². The molecule has 2 rings (SSSR count). The summed E-state index contributed by atoms with van der Waals surface area (Å²) in [6.45, 7) is 4.25. The van der Waals surface area contributed by atoms with Crippen LogP contribution >= 0.6 is 27.7 Å². The van der Waals surface area contributed by atoms with Crippen molar-refractivity contribution in [3.05, 3.63) is 40.5 Å². The average Bonchev–Trinajstić information content (AvgIpc) is 2.86. The molecule has 0 saturated heterocycles. The first-order valence-corrected chi connectivity index (χ1v) is 8.29. The van der Waals surface area contributed by atoms with Gasteiger partial charge in [-0.2, -0.15) is 4.98 Å². The number of rotatable bonds is 6. The Morgan fingerprint density at radius 2 is 2.10 bits per heavy atom. The first kappa shape index (κ1) is 15.5. The van der Waals surface area contributed by atoms with Crippen molar-refractivity contribution in [3.63, 3.8) is 0 Å². The fourth-order valence-corrected chi connectivity index (χ4v) is 3.20. The maximum absolute atomic E-state index is 6.03. The SMILES string of the molecule is CC(C)CC(N)c1nc(CSc2ccccc2Br)no1. The molecule has 2 N–H and O–H groups in total. The molecule has 1 aromatic heterocycles. The van der Waals surface area contributed by atoms with E-state index >= 15 is 0 Å². The Morgan fingerprint density at radius 3 is 2.80 bits per heavy atom. The van der Waals surface area contributed by atoms with E-state index in [9.17, 15) is 0 Å². The van der Waals surface area contributed by atoms with Crippen LogP contribution in [0.5, 0.6) is 0 Å². The van der Waals surface area contributed by atoms with Crippen molar-refractivity contribution in [2.75, 3.05) is 0 Å². The molecule has 0 aliphatic heterocycles. The summed E-state index contributed by atoms with van der Waals surface area (Å²) in [5, 5.41) is 3.99. The van der Waals surface area contributed by atoms with Gasteiger partial charge in [0.2, 0.25) is 5.89 Å². The van der Waals surface area contributed by atoms with Gasteiger partial charge in [-0.3, -0.25) is 0 Å². The molecule has 0 bridgehead atoms. The second-order valence-corrected chi connectivity index (χ2v) is 6.88. The topological polar surface area (TPSA) is 64.9 Å². The molecule has 1 aromatic carbocycles. The molecule has 108 valence electrons. The summed E-state index contributed by atoms with van der Waals surface area (Å²) >= 11 is 5.19. The number of benzene rings is 1. The maximum atomic E-state index is 6.03. The van der Waals surface area contributed by atoms with Crippen molar-refractivity contribution in [1.82, 2.24) is 10.1 Å². The lowest BCUT2D eigenvalue weighted by molar-refractivity contribution is 0.333. The van der Waals surface area contributed by atoms with E-state index < -0.39 is 0 Å². The van der Waals surface area contributed by atoms with Crippen LogP contribution < -0.4 is 5.73 Å². The fourth-order valence-electron chi connectivity index (χ4n) is 1.79. The van der Waals surface area contributed by atoms with E-state index in [0.717, 1.165) is 15.8 Å². The van der Waals surface area contributed by atoms with Gasteiger partial charge in [0.05, 0.1) is 11.8 Å². The van der Waals surface area contributed by atoms with Gasteiger partial charge in [-0.15, -0.1) is 11.8 Å². The van der Waals surface area contributed by atoms with E-state index in [1.807, 2.05) is 18.2 Å². The van der Waals surface area contributed by atoms with Gasteiger partial charge in [-0.25, -0.2) is 0 Å². The van der Waals surface area contributed by atoms with Crippen molar-refractivity contribution in [2.45, 2.75) is 37.0 Å². The molecule has 1 atom stereocenters. The van der Waals surface area contributed by atoms with Crippen LogP contribution in [-0.4, -0.2) is 10.1 Å². The summed E-state index contributed by atoms with van der Waals surface area (Å²) in [6.07, 6.45) is 0.846. The molecule has 0 aliphatic rings. The lowest BCUT2D eigenvalue weighted by Gasteiger charge is -2.08. The van der Waals surface area contributed by atoms with Gasteiger partial charge in [-0.05, 0) is 40.4 Å². The highest BCUT2D eigenvalue weighted by molar-refractivity contribution is 9.10. The Labute approximate surface area is 131 Å². The van der Waals surface area contributed by atoms with Gasteiger partial charge in [0, 0.05) is 9.37 Å². The minimum Gasteiger partial charge on any atom is -0.338 e. The van der Waals surface area contributed by atoms with Gasteiger partial charge in [0.25, 0.3) is 0 Å². The van der Waals surface area contributed by atoms with Gasteiger partial charge in [-0.1, -0.05) is 31.1 Å². The Kier molecular flexibility index (Phi) is 5.63. The number of aromatic nitrogens is 2. The van der Waals surface area contributed by atoms with Crippen molar-refractivity contribution in [1.29, 1.82) is 0 Å². The molecule has 2 aromatic rings. The second kappa shape index (κ2) is 7.24. The zero-order valence-electron chi connectivity index (χ0n) is 11.5. The third kappa shape index (κ3) is 4.33. The number of halogens is 1. The first-order valence-electron chi connectivity index (χ1n) is 6.51. The Hall–Kier alpha value is -0.850. The highest BCUT2D eigenvalue weighted by atomic mass is 79.9. The standard InChI is InChI=1S/C14H18BrN3OS/c1-9(2)7-11(16)14-17-13(18-19-14)8-20-12-6-4-3-5-10(12)15/h3-6,9,11H,7-8,16H2,1-2H3. The van der Waals surface area contributed by atoms with Crippen LogP contribution in [0.25, 0.3) is 0 Å². The molecule has 0 saturated carbocycles. The van der Waals surface area contributed by atoms with Gasteiger partial charge >= 0.3 is 0 Å². The summed E-state index contributed by atoms with van der Waals surface area (Å²) < 4.78 is 6.31. The minimum atomic E-state index is -0.176. The number of thioether (sulfide) groups is 1. The van der Waals surface area contributed by atoms with Crippen molar-refractivity contribution in [2.24, 2.45) is 11.7 Å². The molecule has 0 radical (unpaired) electrons. The first-order chi connectivity index (χ1) is 9.56. The van der Waals surface area contributed by atoms with E-state index in [-0.39, 0.29) is 6.04 Å². The van der Waals surface area contributed by atoms with Crippen LogP contribution in [0.3, 0.4) is 0 Å². The van der Waals surface area contributed by atoms with Crippen LogP contribution in [0.4, 0.5) is 0 Å². The third-order valence-electron chi connectivity index (χ3n) is 2.72. The lowest BCUT2D eigenvalue weighted by atomic mass is 10.0. The van der Waals surface area contributed by atoms with Crippen LogP contribution in [0, 0.1) is 5.92 Å². The van der Waals surface area contributed by atoms with Crippen molar-refractivity contribution >= 4 is 27.7 Å². The van der Waals surface area contributed by atoms with Gasteiger partial charge in [0.1, 0.15) is 0 Å². The summed E-state index contributed by atoms with van der Waals surface area (Å²) in [5.74, 6) is 2.39. The van der Waals surface area contributed by atoms with Crippen LogP contribution in [0.15, 0.2) is 38.2 Å². The number of nitrogens with two attached hydrogens (primary N) is 1. The largest absolute Gasteiger partial charge is 0.338 e. The number of hydrogen-bond donors (Lipinski definition) is 1. The maximum Gasteiger partial charge on any atom is 0.243 e. The van der Waals surface area contributed by atoms with Crippen LogP contribution in [0.1, 0.15) is 38.0 Å². The predicted molar refractivity (Wildman–Crippen MR) is 84.4 cm³/mol. The average molecular weight is 356 g/mol. The molecule has 0 fully saturated rings. The molecule has 6 heteroatoms. The van der Waals surface area contributed by atoms with Gasteiger partial charge < -0.3 is 10.3 Å². The zero-order chi connectivity index (χ0) is 14.5. The minimum absolute atomic E-state index is 0.176. The summed E-state index contributed by atoms with van der Waals surface area (Å²) in [5.41, 5.74) is 6.03. The Morgan fingerprint density at radius 1 is 1.35 bits per heavy atom. The Bertz CT molecular complexity index is 559. The normalized spacial score (nSPS) is 12.8. The molecule has 0 spiro atoms. The lowest BCUT2D eigenvalue weighted by Crippen LogP contribution is -2.13. The predicted octanol–water partition coefficient (Wildman–Crippen LogP) is 4.17. The van der Waals surface area contributed by atoms with Crippen molar-refractivity contribution in [3.8, 4) is 0 Å². The second-order valence-electron chi connectivity index (χ2n) is 5.00. The molecular formula is C14H18BrN3OS. The molecule has 1 heterocycles. The molecule has 0 aliphatic carbocycles. The highest BCUT2D eigenvalue weighted by Gasteiger charge is 2.16. The summed E-state index contributed by atoms with van der Waals surface area (Å²) in [4.78, 5) is 5.53. The zero-order valence-corrected chi connectivity index (χ0v) is 13.9. The quantitative estimate of drug-likeness (QED) is 0.787.